The Hall–Kier alpha value is -1.39. The molecular formula is C16H21N3O. The van der Waals surface area contributed by atoms with Gasteiger partial charge in [0.05, 0.1) is 5.92 Å². The highest BCUT2D eigenvalue weighted by atomic mass is 16.2. The van der Waals surface area contributed by atoms with E-state index in [1.165, 1.54) is 17.5 Å². The van der Waals surface area contributed by atoms with Gasteiger partial charge in [0.15, 0.2) is 0 Å². The maximum absolute atomic E-state index is 12.2. The zero-order valence-electron chi connectivity index (χ0n) is 11.6. The molecule has 1 aromatic rings. The predicted molar refractivity (Wildman–Crippen MR) is 76.8 cm³/mol. The summed E-state index contributed by atoms with van der Waals surface area (Å²) in [6.45, 7) is 1.93. The van der Waals surface area contributed by atoms with Gasteiger partial charge in [0.25, 0.3) is 0 Å². The number of carbonyl (C=O) groups is 1. The fraction of sp³-hybridized carbons (Fsp3) is 0.562. The van der Waals surface area contributed by atoms with Crippen LogP contribution in [0.15, 0.2) is 24.3 Å². The average Bonchev–Trinajstić information content (AvgIpc) is 2.96. The van der Waals surface area contributed by atoms with Crippen molar-refractivity contribution in [2.24, 2.45) is 5.92 Å². The van der Waals surface area contributed by atoms with Crippen molar-refractivity contribution in [3.8, 4) is 0 Å². The second-order valence-corrected chi connectivity index (χ2v) is 6.21. The van der Waals surface area contributed by atoms with Gasteiger partial charge in [-0.25, -0.2) is 0 Å². The normalized spacial score (nSPS) is 33.4. The molecule has 1 amide bonds. The Bertz CT molecular complexity index is 530. The molecule has 1 aliphatic carbocycles. The molecule has 3 atom stereocenters. The molecule has 2 aliphatic heterocycles. The summed E-state index contributed by atoms with van der Waals surface area (Å²) < 4.78 is 0. The lowest BCUT2D eigenvalue weighted by atomic mass is 9.98. The minimum absolute atomic E-state index is 0.00945. The summed E-state index contributed by atoms with van der Waals surface area (Å²) in [5, 5.41) is 6.80. The first-order chi connectivity index (χ1) is 9.81. The van der Waals surface area contributed by atoms with Gasteiger partial charge in [0.2, 0.25) is 5.91 Å². The molecule has 4 nitrogen and oxygen atoms in total. The Morgan fingerprint density at radius 3 is 2.90 bits per heavy atom. The molecule has 1 aromatic carbocycles. The number of rotatable bonds is 1. The number of benzene rings is 1. The lowest BCUT2D eigenvalue weighted by molar-refractivity contribution is -0.131. The third kappa shape index (κ3) is 2.03. The van der Waals surface area contributed by atoms with Crippen LogP contribution >= 0.6 is 0 Å². The molecule has 20 heavy (non-hydrogen) atoms. The summed E-state index contributed by atoms with van der Waals surface area (Å²) in [5.41, 5.74) is 2.84. The van der Waals surface area contributed by atoms with Crippen molar-refractivity contribution >= 4 is 5.91 Å². The largest absolute Gasteiger partial charge is 0.328 e. The predicted octanol–water partition coefficient (Wildman–Crippen LogP) is 1.22. The van der Waals surface area contributed by atoms with Gasteiger partial charge in [-0.15, -0.1) is 0 Å². The zero-order valence-corrected chi connectivity index (χ0v) is 11.6. The van der Waals surface area contributed by atoms with Crippen LogP contribution in [0.5, 0.6) is 0 Å². The molecule has 3 aliphatic rings. The van der Waals surface area contributed by atoms with E-state index in [1.807, 2.05) is 0 Å². The molecule has 1 saturated carbocycles. The lowest BCUT2D eigenvalue weighted by Gasteiger charge is -2.42. The Kier molecular flexibility index (Phi) is 3.00. The van der Waals surface area contributed by atoms with Gasteiger partial charge in [-0.3, -0.25) is 15.0 Å². The summed E-state index contributed by atoms with van der Waals surface area (Å²) >= 11 is 0. The minimum atomic E-state index is 0.00945. The molecule has 2 heterocycles. The van der Waals surface area contributed by atoms with Gasteiger partial charge in [0, 0.05) is 19.1 Å². The first-order valence-corrected chi connectivity index (χ1v) is 7.68. The van der Waals surface area contributed by atoms with Crippen LogP contribution in [-0.2, 0) is 17.8 Å². The molecule has 106 valence electrons. The Morgan fingerprint density at radius 1 is 1.15 bits per heavy atom. The van der Waals surface area contributed by atoms with Gasteiger partial charge in [-0.2, -0.15) is 0 Å². The van der Waals surface area contributed by atoms with E-state index in [4.69, 9.17) is 0 Å². The third-order valence-corrected chi connectivity index (χ3v) is 5.03. The van der Waals surface area contributed by atoms with Crippen molar-refractivity contribution in [3.05, 3.63) is 35.4 Å². The molecular weight excluding hydrogens is 250 g/mol. The smallest absolute Gasteiger partial charge is 0.226 e. The van der Waals surface area contributed by atoms with Crippen LogP contribution < -0.4 is 10.6 Å². The van der Waals surface area contributed by atoms with Crippen LogP contribution in [0.25, 0.3) is 0 Å². The van der Waals surface area contributed by atoms with Crippen molar-refractivity contribution in [3.63, 3.8) is 0 Å². The summed E-state index contributed by atoms with van der Waals surface area (Å²) in [6, 6.07) is 9.00. The maximum atomic E-state index is 12.2. The number of carbonyl (C=O) groups excluding carboxylic acids is 1. The van der Waals surface area contributed by atoms with Crippen molar-refractivity contribution in [1.29, 1.82) is 0 Å². The van der Waals surface area contributed by atoms with E-state index in [1.54, 1.807) is 0 Å². The molecule has 2 N–H and O–H groups in total. The second kappa shape index (κ2) is 4.86. The van der Waals surface area contributed by atoms with Crippen LogP contribution in [0.1, 0.15) is 30.4 Å². The van der Waals surface area contributed by atoms with Gasteiger partial charge in [-0.05, 0) is 30.4 Å². The average molecular weight is 271 g/mol. The van der Waals surface area contributed by atoms with E-state index in [0.717, 1.165) is 32.4 Å². The molecule has 0 aromatic heterocycles. The molecule has 3 unspecified atom stereocenters. The monoisotopic (exact) mass is 271 g/mol. The highest BCUT2D eigenvalue weighted by Gasteiger charge is 2.40. The number of fused-ring (bicyclic) bond motifs is 2. The zero-order chi connectivity index (χ0) is 13.5. The van der Waals surface area contributed by atoms with E-state index in [9.17, 15) is 4.79 Å². The Morgan fingerprint density at radius 2 is 2.00 bits per heavy atom. The topological polar surface area (TPSA) is 44.4 Å². The second-order valence-electron chi connectivity index (χ2n) is 6.21. The van der Waals surface area contributed by atoms with E-state index >= 15 is 0 Å². The fourth-order valence-electron chi connectivity index (χ4n) is 3.89. The summed E-state index contributed by atoms with van der Waals surface area (Å²) in [4.78, 5) is 14.6. The standard InChI is InChI=1S/C16H21N3O/c20-15-13-6-3-7-14(13)17-16(18-15)19-9-8-11-4-1-2-5-12(11)10-19/h1-2,4-5,13-14,16-17H,3,6-10H2,(H,18,20). The quantitative estimate of drug-likeness (QED) is 0.807. The van der Waals surface area contributed by atoms with Crippen molar-refractivity contribution in [1.82, 2.24) is 15.5 Å². The van der Waals surface area contributed by atoms with Gasteiger partial charge in [-0.1, -0.05) is 30.7 Å². The minimum Gasteiger partial charge on any atom is -0.328 e. The molecule has 2 fully saturated rings. The molecule has 1 saturated heterocycles. The van der Waals surface area contributed by atoms with Crippen molar-refractivity contribution in [2.75, 3.05) is 6.54 Å². The summed E-state index contributed by atoms with van der Waals surface area (Å²) in [6.07, 6.45) is 4.43. The van der Waals surface area contributed by atoms with Crippen molar-refractivity contribution < 1.29 is 4.79 Å². The Labute approximate surface area is 119 Å². The van der Waals surface area contributed by atoms with Crippen LogP contribution in [0.3, 0.4) is 0 Å². The maximum Gasteiger partial charge on any atom is 0.226 e. The number of hydrogen-bond donors (Lipinski definition) is 2. The summed E-state index contributed by atoms with van der Waals surface area (Å²) in [5.74, 6) is 0.443. The summed E-state index contributed by atoms with van der Waals surface area (Å²) in [7, 11) is 0. The van der Waals surface area contributed by atoms with E-state index in [-0.39, 0.29) is 18.1 Å². The number of nitrogens with one attached hydrogen (secondary N) is 2. The van der Waals surface area contributed by atoms with Crippen LogP contribution in [0, 0.1) is 5.92 Å². The van der Waals surface area contributed by atoms with Gasteiger partial charge < -0.3 is 5.32 Å². The number of nitrogens with zero attached hydrogens (tertiary/aromatic N) is 1. The molecule has 0 bridgehead atoms. The first kappa shape index (κ1) is 12.4. The van der Waals surface area contributed by atoms with E-state index in [2.05, 4.69) is 39.8 Å². The Balaban J connectivity index is 1.50. The molecule has 0 radical (unpaired) electrons. The van der Waals surface area contributed by atoms with Crippen molar-refractivity contribution in [2.45, 2.75) is 44.6 Å². The van der Waals surface area contributed by atoms with E-state index in [0.29, 0.717) is 6.04 Å². The molecule has 4 heteroatoms. The molecule has 0 spiro atoms. The number of hydrogen-bond acceptors (Lipinski definition) is 3. The number of amides is 1. The fourth-order valence-corrected chi connectivity index (χ4v) is 3.89. The van der Waals surface area contributed by atoms with Crippen LogP contribution in [0.2, 0.25) is 0 Å². The van der Waals surface area contributed by atoms with E-state index < -0.39 is 0 Å². The lowest BCUT2D eigenvalue weighted by Crippen LogP contribution is -2.66. The third-order valence-electron chi connectivity index (χ3n) is 5.03. The SMILES string of the molecule is O=C1NC(N2CCc3ccccc3C2)NC2CCCC12. The van der Waals surface area contributed by atoms with Gasteiger partial charge >= 0.3 is 0 Å². The first-order valence-electron chi connectivity index (χ1n) is 7.68. The highest BCUT2D eigenvalue weighted by molar-refractivity contribution is 5.80. The van der Waals surface area contributed by atoms with Crippen LogP contribution in [0.4, 0.5) is 0 Å². The molecule has 4 rings (SSSR count). The van der Waals surface area contributed by atoms with Gasteiger partial charge in [0.1, 0.15) is 6.29 Å². The highest BCUT2D eigenvalue weighted by Crippen LogP contribution is 2.29. The van der Waals surface area contributed by atoms with Crippen LogP contribution in [-0.4, -0.2) is 29.7 Å².